The topological polar surface area (TPSA) is 79.0 Å². The molecule has 0 aromatic heterocycles. The van der Waals surface area contributed by atoms with Crippen LogP contribution in [-0.4, -0.2) is 52.7 Å². The zero-order valence-electron chi connectivity index (χ0n) is 16.0. The molecule has 0 aromatic rings. The van der Waals surface area contributed by atoms with Crippen LogP contribution in [0.15, 0.2) is 4.99 Å². The van der Waals surface area contributed by atoms with E-state index in [1.54, 1.807) is 4.90 Å². The first-order valence-corrected chi connectivity index (χ1v) is 9.67. The fourth-order valence-corrected chi connectivity index (χ4v) is 4.43. The Balaban J connectivity index is 1.61. The molecule has 2 fully saturated rings. The Morgan fingerprint density at radius 3 is 2.72 bits per heavy atom. The van der Waals surface area contributed by atoms with Gasteiger partial charge in [-0.25, -0.2) is 4.99 Å². The predicted molar refractivity (Wildman–Crippen MR) is 97.8 cm³/mol. The zero-order chi connectivity index (χ0) is 18.4. The average Bonchev–Trinajstić information content (AvgIpc) is 3.22. The van der Waals surface area contributed by atoms with Crippen molar-refractivity contribution in [3.05, 3.63) is 0 Å². The van der Waals surface area contributed by atoms with Crippen LogP contribution in [0.1, 0.15) is 53.4 Å². The number of likely N-dealkylation sites (tertiary alicyclic amines) is 1. The van der Waals surface area contributed by atoms with E-state index in [1.807, 2.05) is 11.8 Å². The number of aliphatic imine (C=N–C) groups is 1. The molecular weight excluding hydrogens is 316 g/mol. The van der Waals surface area contributed by atoms with Crippen LogP contribution in [0.4, 0.5) is 0 Å². The molecule has 2 amide bonds. The molecule has 3 aliphatic rings. The van der Waals surface area contributed by atoms with E-state index in [1.165, 1.54) is 0 Å². The van der Waals surface area contributed by atoms with Gasteiger partial charge in [-0.15, -0.1) is 0 Å². The van der Waals surface area contributed by atoms with Crippen LogP contribution in [0.2, 0.25) is 0 Å². The fraction of sp³-hybridized carbons (Fsp3) is 0.842. The van der Waals surface area contributed by atoms with E-state index in [0.29, 0.717) is 36.7 Å². The molecule has 2 heterocycles. The summed E-state index contributed by atoms with van der Waals surface area (Å²) < 4.78 is 0. The Morgan fingerprint density at radius 1 is 1.44 bits per heavy atom. The first-order chi connectivity index (χ1) is 11.7. The Hall–Kier alpha value is -1.59. The Morgan fingerprint density at radius 2 is 2.12 bits per heavy atom. The summed E-state index contributed by atoms with van der Waals surface area (Å²) in [6.07, 6.45) is 3.76. The normalized spacial score (nSPS) is 35.3. The van der Waals surface area contributed by atoms with Crippen LogP contribution >= 0.6 is 0 Å². The summed E-state index contributed by atoms with van der Waals surface area (Å²) in [5.74, 6) is 2.09. The Labute approximate surface area is 150 Å². The molecule has 0 spiro atoms. The number of piperidine rings is 1. The van der Waals surface area contributed by atoms with E-state index in [9.17, 15) is 9.59 Å². The number of hydrogen-bond acceptors (Lipinski definition) is 4. The highest BCUT2D eigenvalue weighted by atomic mass is 16.2. The molecule has 2 unspecified atom stereocenters. The molecule has 2 N–H and O–H groups in total. The van der Waals surface area contributed by atoms with E-state index in [0.717, 1.165) is 32.4 Å². The lowest BCUT2D eigenvalue weighted by molar-refractivity contribution is -0.135. The van der Waals surface area contributed by atoms with Crippen molar-refractivity contribution in [2.45, 2.75) is 58.9 Å². The number of hydrogen-bond donors (Lipinski definition) is 1. The number of carbonyl (C=O) groups is 2. The monoisotopic (exact) mass is 348 g/mol. The van der Waals surface area contributed by atoms with Gasteiger partial charge in [0.2, 0.25) is 5.91 Å². The summed E-state index contributed by atoms with van der Waals surface area (Å²) in [5, 5.41) is 0. The number of guanidine groups is 1. The highest BCUT2D eigenvalue weighted by molar-refractivity contribution is 6.06. The summed E-state index contributed by atoms with van der Waals surface area (Å²) in [6, 6.07) is 0. The number of nitrogens with zero attached hydrogens (tertiary/aromatic N) is 3. The van der Waals surface area contributed by atoms with Crippen LogP contribution in [0.25, 0.3) is 0 Å². The summed E-state index contributed by atoms with van der Waals surface area (Å²) in [4.78, 5) is 33.5. The van der Waals surface area contributed by atoms with Gasteiger partial charge in [0.15, 0.2) is 5.96 Å². The van der Waals surface area contributed by atoms with Crippen LogP contribution < -0.4 is 5.73 Å². The standard InChI is InChI=1S/C19H32N4O2/c1-12(2)9-19(4)17(25)23(18(20)21-19)11-14-6-5-7-22(10-14)16(24)15-8-13(15)3/h12-15H,5-11H2,1-4H3,(H2,20,21)/t13-,14?,15-,19?/m1/s1. The van der Waals surface area contributed by atoms with Gasteiger partial charge in [-0.1, -0.05) is 20.8 Å². The predicted octanol–water partition coefficient (Wildman–Crippen LogP) is 1.84. The van der Waals surface area contributed by atoms with E-state index in [2.05, 4.69) is 25.8 Å². The van der Waals surface area contributed by atoms with Crippen LogP contribution in [0.3, 0.4) is 0 Å². The maximum atomic E-state index is 12.9. The summed E-state index contributed by atoms with van der Waals surface area (Å²) in [7, 11) is 0. The molecule has 25 heavy (non-hydrogen) atoms. The minimum atomic E-state index is -0.730. The van der Waals surface area contributed by atoms with E-state index in [4.69, 9.17) is 5.73 Å². The third kappa shape index (κ3) is 3.67. The van der Waals surface area contributed by atoms with E-state index >= 15 is 0 Å². The van der Waals surface area contributed by atoms with Crippen LogP contribution in [-0.2, 0) is 9.59 Å². The molecule has 0 aromatic carbocycles. The molecule has 1 saturated heterocycles. The quantitative estimate of drug-likeness (QED) is 0.823. The first-order valence-electron chi connectivity index (χ1n) is 9.67. The molecule has 0 bridgehead atoms. The van der Waals surface area contributed by atoms with Crippen molar-refractivity contribution in [3.63, 3.8) is 0 Å². The van der Waals surface area contributed by atoms with Crippen LogP contribution in [0.5, 0.6) is 0 Å². The van der Waals surface area contributed by atoms with Gasteiger partial charge in [0.25, 0.3) is 5.91 Å². The molecular formula is C19H32N4O2. The molecule has 1 aliphatic carbocycles. The molecule has 3 rings (SSSR count). The molecule has 1 saturated carbocycles. The highest BCUT2D eigenvalue weighted by Crippen LogP contribution is 2.40. The van der Waals surface area contributed by atoms with Crippen molar-refractivity contribution in [3.8, 4) is 0 Å². The first kappa shape index (κ1) is 18.2. The van der Waals surface area contributed by atoms with Gasteiger partial charge in [-0.2, -0.15) is 0 Å². The summed E-state index contributed by atoms with van der Waals surface area (Å²) in [5.41, 5.74) is 5.35. The molecule has 6 nitrogen and oxygen atoms in total. The molecule has 0 radical (unpaired) electrons. The lowest BCUT2D eigenvalue weighted by Crippen LogP contribution is -2.49. The van der Waals surface area contributed by atoms with Gasteiger partial charge in [0, 0.05) is 25.6 Å². The van der Waals surface area contributed by atoms with E-state index < -0.39 is 5.54 Å². The van der Waals surface area contributed by atoms with Crippen molar-refractivity contribution < 1.29 is 9.59 Å². The fourth-order valence-electron chi connectivity index (χ4n) is 4.43. The van der Waals surface area contributed by atoms with Crippen molar-refractivity contribution in [2.75, 3.05) is 19.6 Å². The molecule has 4 atom stereocenters. The van der Waals surface area contributed by atoms with Crippen molar-refractivity contribution >= 4 is 17.8 Å². The molecule has 6 heteroatoms. The largest absolute Gasteiger partial charge is 0.369 e. The zero-order valence-corrected chi connectivity index (χ0v) is 16.0. The summed E-state index contributed by atoms with van der Waals surface area (Å²) in [6.45, 7) is 10.4. The Bertz CT molecular complexity index is 588. The molecule has 140 valence electrons. The van der Waals surface area contributed by atoms with Gasteiger partial charge in [-0.3, -0.25) is 14.5 Å². The number of nitrogens with two attached hydrogens (primary N) is 1. The van der Waals surface area contributed by atoms with Gasteiger partial charge < -0.3 is 10.6 Å². The maximum Gasteiger partial charge on any atom is 0.257 e. The Kier molecular flexibility index (Phi) is 4.82. The molecule has 2 aliphatic heterocycles. The number of carbonyl (C=O) groups excluding carboxylic acids is 2. The van der Waals surface area contributed by atoms with Gasteiger partial charge in [-0.05, 0) is 50.4 Å². The van der Waals surface area contributed by atoms with Crippen LogP contribution in [0, 0.1) is 23.7 Å². The summed E-state index contributed by atoms with van der Waals surface area (Å²) >= 11 is 0. The van der Waals surface area contributed by atoms with E-state index in [-0.39, 0.29) is 17.7 Å². The lowest BCUT2D eigenvalue weighted by Gasteiger charge is -2.35. The highest BCUT2D eigenvalue weighted by Gasteiger charge is 2.46. The van der Waals surface area contributed by atoms with Gasteiger partial charge in [0.05, 0.1) is 0 Å². The minimum absolute atomic E-state index is 0.0120. The minimum Gasteiger partial charge on any atom is -0.369 e. The average molecular weight is 348 g/mol. The van der Waals surface area contributed by atoms with Gasteiger partial charge in [0.1, 0.15) is 5.54 Å². The number of rotatable bonds is 5. The second-order valence-corrected chi connectivity index (χ2v) is 8.87. The van der Waals surface area contributed by atoms with Gasteiger partial charge >= 0.3 is 0 Å². The SMILES string of the molecule is CC(C)CC1(C)N=C(N)N(CC2CCCN(C(=O)[C@@H]3C[C@H]3C)C2)C1=O. The number of amides is 2. The van der Waals surface area contributed by atoms with Crippen molar-refractivity contribution in [1.82, 2.24) is 9.80 Å². The third-order valence-corrected chi connectivity index (χ3v) is 5.85. The lowest BCUT2D eigenvalue weighted by atomic mass is 9.90. The maximum absolute atomic E-state index is 12.9. The smallest absolute Gasteiger partial charge is 0.257 e. The second kappa shape index (κ2) is 6.61. The van der Waals surface area contributed by atoms with Crippen molar-refractivity contribution in [2.24, 2.45) is 34.4 Å². The third-order valence-electron chi connectivity index (χ3n) is 5.85. The second-order valence-electron chi connectivity index (χ2n) is 8.87. The van der Waals surface area contributed by atoms with Crippen molar-refractivity contribution in [1.29, 1.82) is 0 Å².